The van der Waals surface area contributed by atoms with E-state index in [9.17, 15) is 0 Å². The lowest BCUT2D eigenvalue weighted by molar-refractivity contribution is 0.288. The second kappa shape index (κ2) is 9.43. The monoisotopic (exact) mass is 490 g/mol. The zero-order chi connectivity index (χ0) is 22.9. The van der Waals surface area contributed by atoms with Crippen molar-refractivity contribution >= 4 is 44.7 Å². The van der Waals surface area contributed by atoms with Crippen LogP contribution in [0.5, 0.6) is 5.75 Å². The number of nitrogens with zero attached hydrogens (tertiary/aromatic N) is 2. The molecule has 174 valence electrons. The third kappa shape index (κ3) is 4.57. The standard InChI is InChI=1S/C27H27ClN4OS/c28-19-5-10-22-23(11-12-29-24(22)15-19)30-20-6-8-21(9-7-20)31-27-32-25(16-34-27)18-4-3-17-2-1-13-33-26(17)14-18/h3-5,10-12,14-16,20-21H,1-2,6-9,13H2,(H,29,30)(H,31,32). The lowest BCUT2D eigenvalue weighted by Gasteiger charge is -2.30. The van der Waals surface area contributed by atoms with E-state index in [0.29, 0.717) is 17.1 Å². The number of hydrogen-bond donors (Lipinski definition) is 2. The minimum atomic E-state index is 0.455. The lowest BCUT2D eigenvalue weighted by atomic mass is 9.91. The Bertz CT molecular complexity index is 1320. The number of anilines is 2. The maximum absolute atomic E-state index is 6.13. The van der Waals surface area contributed by atoms with Crippen molar-refractivity contribution in [2.75, 3.05) is 17.2 Å². The topological polar surface area (TPSA) is 59.1 Å². The highest BCUT2D eigenvalue weighted by molar-refractivity contribution is 7.14. The molecule has 3 heterocycles. The van der Waals surface area contributed by atoms with Crippen LogP contribution in [0.2, 0.25) is 5.02 Å². The van der Waals surface area contributed by atoms with E-state index < -0.39 is 0 Å². The normalized spacial score (nSPS) is 19.9. The zero-order valence-corrected chi connectivity index (χ0v) is 20.5. The summed E-state index contributed by atoms with van der Waals surface area (Å²) in [6, 6.07) is 15.4. The first-order valence-electron chi connectivity index (χ1n) is 12.0. The molecular weight excluding hydrogens is 464 g/mol. The van der Waals surface area contributed by atoms with Gasteiger partial charge in [-0.3, -0.25) is 4.98 Å². The Morgan fingerprint density at radius 1 is 0.971 bits per heavy atom. The number of halogens is 1. The maximum Gasteiger partial charge on any atom is 0.183 e. The average Bonchev–Trinajstić information content (AvgIpc) is 3.33. The first kappa shape index (κ1) is 21.7. The molecule has 34 heavy (non-hydrogen) atoms. The molecule has 7 heteroatoms. The Kier molecular flexibility index (Phi) is 6.02. The predicted octanol–water partition coefficient (Wildman–Crippen LogP) is 7.17. The van der Waals surface area contributed by atoms with Gasteiger partial charge in [0.05, 0.1) is 17.8 Å². The van der Waals surface area contributed by atoms with E-state index in [1.807, 2.05) is 18.3 Å². The minimum absolute atomic E-state index is 0.455. The summed E-state index contributed by atoms with van der Waals surface area (Å²) < 4.78 is 5.84. The van der Waals surface area contributed by atoms with Crippen LogP contribution in [0.4, 0.5) is 10.8 Å². The van der Waals surface area contributed by atoms with Gasteiger partial charge in [0.1, 0.15) is 5.75 Å². The summed E-state index contributed by atoms with van der Waals surface area (Å²) in [5.74, 6) is 1.02. The van der Waals surface area contributed by atoms with Crippen LogP contribution in [0.25, 0.3) is 22.2 Å². The van der Waals surface area contributed by atoms with Crippen LogP contribution in [0.15, 0.2) is 54.0 Å². The van der Waals surface area contributed by atoms with Crippen molar-refractivity contribution in [3.05, 3.63) is 64.6 Å². The highest BCUT2D eigenvalue weighted by Gasteiger charge is 2.22. The van der Waals surface area contributed by atoms with Crippen molar-refractivity contribution in [1.29, 1.82) is 0 Å². The summed E-state index contributed by atoms with van der Waals surface area (Å²) in [7, 11) is 0. The number of pyridine rings is 1. The molecule has 1 fully saturated rings. The Morgan fingerprint density at radius 2 is 1.82 bits per heavy atom. The van der Waals surface area contributed by atoms with Crippen molar-refractivity contribution < 1.29 is 4.74 Å². The van der Waals surface area contributed by atoms with Crippen LogP contribution < -0.4 is 15.4 Å². The largest absolute Gasteiger partial charge is 0.493 e. The van der Waals surface area contributed by atoms with Gasteiger partial charge in [-0.2, -0.15) is 0 Å². The van der Waals surface area contributed by atoms with Gasteiger partial charge in [0.25, 0.3) is 0 Å². The van der Waals surface area contributed by atoms with E-state index >= 15 is 0 Å². The van der Waals surface area contributed by atoms with Crippen LogP contribution in [-0.2, 0) is 6.42 Å². The molecule has 6 rings (SSSR count). The minimum Gasteiger partial charge on any atom is -0.493 e. The number of thiazole rings is 1. The quantitative estimate of drug-likeness (QED) is 0.310. The van der Waals surface area contributed by atoms with E-state index in [4.69, 9.17) is 21.3 Å². The highest BCUT2D eigenvalue weighted by Crippen LogP contribution is 2.34. The van der Waals surface area contributed by atoms with Gasteiger partial charge in [-0.25, -0.2) is 4.98 Å². The molecule has 0 unspecified atom stereocenters. The van der Waals surface area contributed by atoms with Crippen molar-refractivity contribution in [3.63, 3.8) is 0 Å². The average molecular weight is 491 g/mol. The fourth-order valence-electron chi connectivity index (χ4n) is 5.00. The molecule has 2 N–H and O–H groups in total. The highest BCUT2D eigenvalue weighted by atomic mass is 35.5. The van der Waals surface area contributed by atoms with Gasteiger partial charge in [0, 0.05) is 45.3 Å². The third-order valence-corrected chi connectivity index (χ3v) is 7.84. The molecule has 1 saturated carbocycles. The molecule has 0 saturated heterocycles. The number of fused-ring (bicyclic) bond motifs is 2. The first-order chi connectivity index (χ1) is 16.7. The second-order valence-corrected chi connectivity index (χ2v) is 10.5. The molecule has 0 spiro atoms. The Labute approximate surface area is 208 Å². The van der Waals surface area contributed by atoms with Crippen LogP contribution in [0, 0.1) is 0 Å². The van der Waals surface area contributed by atoms with Gasteiger partial charge in [0.15, 0.2) is 5.13 Å². The number of ether oxygens (including phenoxy) is 1. The van der Waals surface area contributed by atoms with Crippen LogP contribution in [-0.4, -0.2) is 28.7 Å². The lowest BCUT2D eigenvalue weighted by Crippen LogP contribution is -2.32. The molecule has 2 aromatic heterocycles. The Morgan fingerprint density at radius 3 is 2.71 bits per heavy atom. The molecule has 5 nitrogen and oxygen atoms in total. The smallest absolute Gasteiger partial charge is 0.183 e. The molecular formula is C27H27ClN4OS. The fourth-order valence-corrected chi connectivity index (χ4v) is 5.96. The summed E-state index contributed by atoms with van der Waals surface area (Å²) in [5.41, 5.74) is 5.51. The van der Waals surface area contributed by atoms with E-state index in [1.165, 1.54) is 5.56 Å². The van der Waals surface area contributed by atoms with Crippen LogP contribution >= 0.6 is 22.9 Å². The summed E-state index contributed by atoms with van der Waals surface area (Å²) in [4.78, 5) is 9.32. The van der Waals surface area contributed by atoms with Gasteiger partial charge >= 0.3 is 0 Å². The molecule has 2 aromatic carbocycles. The SMILES string of the molecule is Clc1ccc2c(NC3CCC(Nc4nc(-c5ccc6c(c5)OCCC6)cs4)CC3)ccnc2c1. The molecule has 0 amide bonds. The number of rotatable bonds is 5. The van der Waals surface area contributed by atoms with E-state index in [2.05, 4.69) is 51.3 Å². The summed E-state index contributed by atoms with van der Waals surface area (Å²) >= 11 is 7.82. The van der Waals surface area contributed by atoms with Crippen molar-refractivity contribution in [3.8, 4) is 17.0 Å². The summed E-state index contributed by atoms with van der Waals surface area (Å²) in [6.45, 7) is 0.809. The molecule has 1 aliphatic heterocycles. The van der Waals surface area contributed by atoms with Crippen LogP contribution in [0.1, 0.15) is 37.7 Å². The number of benzene rings is 2. The zero-order valence-electron chi connectivity index (χ0n) is 18.9. The van der Waals surface area contributed by atoms with Gasteiger partial charge in [0.2, 0.25) is 0 Å². The molecule has 0 radical (unpaired) electrons. The van der Waals surface area contributed by atoms with E-state index in [1.54, 1.807) is 11.3 Å². The van der Waals surface area contributed by atoms with E-state index in [-0.39, 0.29) is 0 Å². The second-order valence-electron chi connectivity index (χ2n) is 9.17. The molecule has 4 aromatic rings. The molecule has 0 bridgehead atoms. The van der Waals surface area contributed by atoms with E-state index in [0.717, 1.165) is 83.9 Å². The molecule has 0 atom stereocenters. The number of aryl methyl sites for hydroxylation is 1. The third-order valence-electron chi connectivity index (χ3n) is 6.83. The van der Waals surface area contributed by atoms with Gasteiger partial charge < -0.3 is 15.4 Å². The van der Waals surface area contributed by atoms with Crippen molar-refractivity contribution in [2.45, 2.75) is 50.6 Å². The summed E-state index contributed by atoms with van der Waals surface area (Å²) in [6.07, 6.45) is 8.53. The number of nitrogens with one attached hydrogen (secondary N) is 2. The van der Waals surface area contributed by atoms with Gasteiger partial charge in [-0.05, 0) is 74.4 Å². The molecule has 1 aliphatic carbocycles. The first-order valence-corrected chi connectivity index (χ1v) is 13.3. The number of aromatic nitrogens is 2. The Balaban J connectivity index is 1.07. The van der Waals surface area contributed by atoms with Crippen molar-refractivity contribution in [2.24, 2.45) is 0 Å². The molecule has 2 aliphatic rings. The van der Waals surface area contributed by atoms with Crippen LogP contribution in [0.3, 0.4) is 0 Å². The van der Waals surface area contributed by atoms with Crippen molar-refractivity contribution in [1.82, 2.24) is 9.97 Å². The van der Waals surface area contributed by atoms with Gasteiger partial charge in [-0.1, -0.05) is 23.7 Å². The summed E-state index contributed by atoms with van der Waals surface area (Å²) in [5, 5.41) is 12.4. The number of hydrogen-bond acceptors (Lipinski definition) is 6. The fraction of sp³-hybridized carbons (Fsp3) is 0.333. The predicted molar refractivity (Wildman–Crippen MR) is 141 cm³/mol. The Hall–Kier alpha value is -2.83. The van der Waals surface area contributed by atoms with Gasteiger partial charge in [-0.15, -0.1) is 11.3 Å². The maximum atomic E-state index is 6.13.